The number of esters is 1. The summed E-state index contributed by atoms with van der Waals surface area (Å²) in [6, 6.07) is 1.36. The van der Waals surface area contributed by atoms with Gasteiger partial charge in [0.05, 0.1) is 7.11 Å². The Labute approximate surface area is 135 Å². The van der Waals surface area contributed by atoms with Crippen LogP contribution in [0.15, 0.2) is 10.7 Å². The first kappa shape index (κ1) is 17.9. The summed E-state index contributed by atoms with van der Waals surface area (Å²) < 4.78 is 5.55. The number of hydrogen-bond acceptors (Lipinski definition) is 5. The van der Waals surface area contributed by atoms with Crippen LogP contribution in [0.25, 0.3) is 0 Å². The Morgan fingerprint density at radius 2 is 2.00 bits per heavy atom. The van der Waals surface area contributed by atoms with Crippen LogP contribution in [0.3, 0.4) is 0 Å². The van der Waals surface area contributed by atoms with Crippen molar-refractivity contribution in [1.29, 1.82) is 0 Å². The first-order chi connectivity index (χ1) is 9.63. The van der Waals surface area contributed by atoms with Crippen molar-refractivity contribution in [2.75, 3.05) is 12.4 Å². The Hall–Kier alpha value is -1.17. The average molecular weight is 358 g/mol. The van der Waals surface area contributed by atoms with Gasteiger partial charge in [0.25, 0.3) is 0 Å². The number of aromatic nitrogens is 2. The quantitative estimate of drug-likeness (QED) is 0.644. The van der Waals surface area contributed by atoms with Crippen LogP contribution in [0, 0.1) is 5.92 Å². The van der Waals surface area contributed by atoms with Gasteiger partial charge in [-0.05, 0) is 28.3 Å². The van der Waals surface area contributed by atoms with E-state index in [-0.39, 0.29) is 11.4 Å². The number of ether oxygens (including phenoxy) is 1. The number of carbonyl (C=O) groups is 1. The third-order valence-electron chi connectivity index (χ3n) is 2.88. The molecule has 0 amide bonds. The lowest BCUT2D eigenvalue weighted by molar-refractivity contribution is -0.141. The normalized spacial score (nSPS) is 13.1. The van der Waals surface area contributed by atoms with Crippen molar-refractivity contribution < 1.29 is 9.53 Å². The maximum atomic E-state index is 11.9. The van der Waals surface area contributed by atoms with Gasteiger partial charge in [0, 0.05) is 11.5 Å². The van der Waals surface area contributed by atoms with E-state index in [1.807, 2.05) is 20.8 Å². The number of halogens is 1. The predicted octanol–water partition coefficient (Wildman–Crippen LogP) is 3.54. The van der Waals surface area contributed by atoms with Gasteiger partial charge >= 0.3 is 5.97 Å². The summed E-state index contributed by atoms with van der Waals surface area (Å²) in [4.78, 5) is 20.8. The van der Waals surface area contributed by atoms with E-state index in [4.69, 9.17) is 4.74 Å². The summed E-state index contributed by atoms with van der Waals surface area (Å²) in [6.45, 7) is 10.3. The van der Waals surface area contributed by atoms with Crippen molar-refractivity contribution in [2.45, 2.75) is 52.5 Å². The third-order valence-corrected chi connectivity index (χ3v) is 3.29. The molecule has 0 spiro atoms. The fourth-order valence-corrected chi connectivity index (χ4v) is 2.22. The molecule has 1 aromatic rings. The lowest BCUT2D eigenvalue weighted by Crippen LogP contribution is -2.32. The number of rotatable bonds is 5. The van der Waals surface area contributed by atoms with Crippen molar-refractivity contribution in [3.8, 4) is 0 Å². The highest BCUT2D eigenvalue weighted by molar-refractivity contribution is 9.10. The summed E-state index contributed by atoms with van der Waals surface area (Å²) >= 11 is 3.39. The van der Waals surface area contributed by atoms with Gasteiger partial charge in [0.2, 0.25) is 0 Å². The molecule has 1 rings (SSSR count). The fourth-order valence-electron chi connectivity index (χ4n) is 1.83. The zero-order valence-electron chi connectivity index (χ0n) is 13.5. The highest BCUT2D eigenvalue weighted by atomic mass is 79.9. The highest BCUT2D eigenvalue weighted by Crippen LogP contribution is 2.23. The van der Waals surface area contributed by atoms with Crippen molar-refractivity contribution in [1.82, 2.24) is 9.97 Å². The van der Waals surface area contributed by atoms with E-state index < -0.39 is 6.04 Å². The van der Waals surface area contributed by atoms with E-state index in [0.29, 0.717) is 28.6 Å². The molecule has 0 bridgehead atoms. The standard InChI is InChI=1S/C15H24BrN3O2/c1-9(2)7-10(13(20)21-6)17-12-8-11(16)18-14(19-12)15(3,4)5/h8-10H,7H2,1-6H3,(H,17,18,19). The zero-order chi connectivity index (χ0) is 16.2. The largest absolute Gasteiger partial charge is 0.467 e. The molecule has 1 atom stereocenters. The third kappa shape index (κ3) is 5.61. The molecule has 0 aliphatic rings. The minimum Gasteiger partial charge on any atom is -0.467 e. The molecule has 0 aliphatic carbocycles. The number of hydrogen-bond donors (Lipinski definition) is 1. The zero-order valence-corrected chi connectivity index (χ0v) is 15.1. The van der Waals surface area contributed by atoms with Crippen LogP contribution in [-0.4, -0.2) is 29.1 Å². The molecule has 1 unspecified atom stereocenters. The van der Waals surface area contributed by atoms with Gasteiger partial charge < -0.3 is 10.1 Å². The summed E-state index contributed by atoms with van der Waals surface area (Å²) in [5.74, 6) is 1.43. The van der Waals surface area contributed by atoms with E-state index in [1.165, 1.54) is 7.11 Å². The van der Waals surface area contributed by atoms with Crippen LogP contribution in [-0.2, 0) is 14.9 Å². The SMILES string of the molecule is COC(=O)C(CC(C)C)Nc1cc(Br)nc(C(C)(C)C)n1. The van der Waals surface area contributed by atoms with Crippen molar-refractivity contribution in [2.24, 2.45) is 5.92 Å². The maximum absolute atomic E-state index is 11.9. The highest BCUT2D eigenvalue weighted by Gasteiger charge is 2.23. The molecule has 0 saturated carbocycles. The summed E-state index contributed by atoms with van der Waals surface area (Å²) in [7, 11) is 1.40. The summed E-state index contributed by atoms with van der Waals surface area (Å²) in [6.07, 6.45) is 0.680. The summed E-state index contributed by atoms with van der Waals surface area (Å²) in [5.41, 5.74) is -0.168. The summed E-state index contributed by atoms with van der Waals surface area (Å²) in [5, 5.41) is 3.16. The topological polar surface area (TPSA) is 64.1 Å². The second-order valence-electron chi connectivity index (χ2n) is 6.50. The van der Waals surface area contributed by atoms with Crippen LogP contribution < -0.4 is 5.32 Å². The van der Waals surface area contributed by atoms with E-state index in [2.05, 4.69) is 45.1 Å². The number of methoxy groups -OCH3 is 1. The molecule has 0 aromatic carbocycles. The maximum Gasteiger partial charge on any atom is 0.328 e. The number of anilines is 1. The van der Waals surface area contributed by atoms with Gasteiger partial charge in [-0.2, -0.15) is 0 Å². The van der Waals surface area contributed by atoms with Gasteiger partial charge in [-0.15, -0.1) is 0 Å². The monoisotopic (exact) mass is 357 g/mol. The number of nitrogens with zero attached hydrogens (tertiary/aromatic N) is 2. The first-order valence-electron chi connectivity index (χ1n) is 7.03. The van der Waals surface area contributed by atoms with Gasteiger partial charge in [0.15, 0.2) is 0 Å². The van der Waals surface area contributed by atoms with Gasteiger partial charge in [-0.1, -0.05) is 34.6 Å². The van der Waals surface area contributed by atoms with Crippen molar-refractivity contribution >= 4 is 27.7 Å². The second-order valence-corrected chi connectivity index (χ2v) is 7.31. The molecule has 5 nitrogen and oxygen atoms in total. The Morgan fingerprint density at radius 1 is 1.38 bits per heavy atom. The van der Waals surface area contributed by atoms with E-state index in [9.17, 15) is 4.79 Å². The van der Waals surface area contributed by atoms with Crippen LogP contribution >= 0.6 is 15.9 Å². The molecule has 0 saturated heterocycles. The van der Waals surface area contributed by atoms with Crippen molar-refractivity contribution in [3.63, 3.8) is 0 Å². The minimum absolute atomic E-state index is 0.168. The van der Waals surface area contributed by atoms with Gasteiger partial charge in [-0.25, -0.2) is 14.8 Å². The molecule has 0 fully saturated rings. The van der Waals surface area contributed by atoms with Crippen LogP contribution in [0.5, 0.6) is 0 Å². The molecule has 6 heteroatoms. The average Bonchev–Trinajstić information content (AvgIpc) is 2.34. The Balaban J connectivity index is 3.03. The Bertz CT molecular complexity index is 498. The lowest BCUT2D eigenvalue weighted by Gasteiger charge is -2.21. The van der Waals surface area contributed by atoms with Crippen LogP contribution in [0.2, 0.25) is 0 Å². The molecule has 1 heterocycles. The van der Waals surface area contributed by atoms with E-state index >= 15 is 0 Å². The number of carbonyl (C=O) groups excluding carboxylic acids is 1. The first-order valence-corrected chi connectivity index (χ1v) is 7.82. The smallest absolute Gasteiger partial charge is 0.328 e. The molecule has 21 heavy (non-hydrogen) atoms. The minimum atomic E-state index is -0.412. The van der Waals surface area contributed by atoms with Crippen molar-refractivity contribution in [3.05, 3.63) is 16.5 Å². The molecular weight excluding hydrogens is 334 g/mol. The van der Waals surface area contributed by atoms with Crippen LogP contribution in [0.4, 0.5) is 5.82 Å². The fraction of sp³-hybridized carbons (Fsp3) is 0.667. The molecule has 0 aliphatic heterocycles. The predicted molar refractivity (Wildman–Crippen MR) is 87.3 cm³/mol. The van der Waals surface area contributed by atoms with Crippen LogP contribution in [0.1, 0.15) is 46.9 Å². The molecule has 118 valence electrons. The van der Waals surface area contributed by atoms with E-state index in [1.54, 1.807) is 6.07 Å². The van der Waals surface area contributed by atoms with Gasteiger partial charge in [0.1, 0.15) is 22.3 Å². The second kappa shape index (κ2) is 7.20. The molecular formula is C15H24BrN3O2. The lowest BCUT2D eigenvalue weighted by atomic mass is 9.96. The van der Waals surface area contributed by atoms with E-state index in [0.717, 1.165) is 0 Å². The molecule has 0 radical (unpaired) electrons. The number of nitrogens with one attached hydrogen (secondary N) is 1. The Kier molecular flexibility index (Phi) is 6.13. The van der Waals surface area contributed by atoms with Gasteiger partial charge in [-0.3, -0.25) is 0 Å². The molecule has 1 aromatic heterocycles. The molecule has 1 N–H and O–H groups in total. The Morgan fingerprint density at radius 3 is 2.48 bits per heavy atom.